The third kappa shape index (κ3) is 1.61. The van der Waals surface area contributed by atoms with Crippen LogP contribution in [0.1, 0.15) is 16.9 Å². The molecule has 5 nitrogen and oxygen atoms in total. The SMILES string of the molecule is O=C(O)c1coc(N2CC=CCC2)n1. The minimum Gasteiger partial charge on any atom is -0.476 e. The van der Waals surface area contributed by atoms with Crippen molar-refractivity contribution >= 4 is 12.0 Å². The van der Waals surface area contributed by atoms with Crippen LogP contribution in [0.15, 0.2) is 22.8 Å². The molecule has 5 heteroatoms. The van der Waals surface area contributed by atoms with Crippen molar-refractivity contribution < 1.29 is 14.3 Å². The van der Waals surface area contributed by atoms with Crippen molar-refractivity contribution in [1.29, 1.82) is 0 Å². The average Bonchev–Trinajstić information content (AvgIpc) is 2.68. The molecular weight excluding hydrogens is 184 g/mol. The number of aromatic carboxylic acids is 1. The first-order chi connectivity index (χ1) is 6.77. The van der Waals surface area contributed by atoms with Crippen LogP contribution in [0.5, 0.6) is 0 Å². The largest absolute Gasteiger partial charge is 0.476 e. The number of nitrogens with zero attached hydrogens (tertiary/aromatic N) is 2. The van der Waals surface area contributed by atoms with E-state index in [1.54, 1.807) is 0 Å². The number of hydrogen-bond donors (Lipinski definition) is 1. The Hall–Kier alpha value is -1.78. The van der Waals surface area contributed by atoms with E-state index in [1.807, 2.05) is 11.0 Å². The molecule has 0 saturated heterocycles. The lowest BCUT2D eigenvalue weighted by Crippen LogP contribution is -2.27. The molecule has 0 spiro atoms. The molecule has 74 valence electrons. The minimum absolute atomic E-state index is 0.0467. The molecule has 2 heterocycles. The predicted molar refractivity (Wildman–Crippen MR) is 49.4 cm³/mol. The van der Waals surface area contributed by atoms with E-state index < -0.39 is 5.97 Å². The summed E-state index contributed by atoms with van der Waals surface area (Å²) in [4.78, 5) is 16.3. The second kappa shape index (κ2) is 3.53. The van der Waals surface area contributed by atoms with Crippen LogP contribution in [0.25, 0.3) is 0 Å². The van der Waals surface area contributed by atoms with Crippen LogP contribution in [-0.2, 0) is 0 Å². The Morgan fingerprint density at radius 2 is 2.43 bits per heavy atom. The summed E-state index contributed by atoms with van der Waals surface area (Å²) in [5.74, 6) is -1.06. The first-order valence-corrected chi connectivity index (χ1v) is 4.36. The molecule has 0 amide bonds. The number of anilines is 1. The Labute approximate surface area is 80.7 Å². The number of aromatic nitrogens is 1. The maximum atomic E-state index is 10.5. The Morgan fingerprint density at radius 3 is 3.00 bits per heavy atom. The fourth-order valence-corrected chi connectivity index (χ4v) is 1.32. The lowest BCUT2D eigenvalue weighted by atomic mass is 10.3. The van der Waals surface area contributed by atoms with Gasteiger partial charge in [0, 0.05) is 13.1 Å². The lowest BCUT2D eigenvalue weighted by Gasteiger charge is -2.20. The second-order valence-corrected chi connectivity index (χ2v) is 3.03. The molecule has 0 aromatic carbocycles. The van der Waals surface area contributed by atoms with Gasteiger partial charge in [-0.2, -0.15) is 4.98 Å². The number of rotatable bonds is 2. The zero-order chi connectivity index (χ0) is 9.97. The molecule has 14 heavy (non-hydrogen) atoms. The van der Waals surface area contributed by atoms with Gasteiger partial charge >= 0.3 is 5.97 Å². The molecule has 0 unspecified atom stereocenters. The summed E-state index contributed by atoms with van der Waals surface area (Å²) < 4.78 is 5.07. The van der Waals surface area contributed by atoms with Crippen LogP contribution < -0.4 is 4.90 Å². The summed E-state index contributed by atoms with van der Waals surface area (Å²) in [7, 11) is 0. The van der Waals surface area contributed by atoms with Gasteiger partial charge in [0.05, 0.1) is 0 Å². The molecular formula is C9H10N2O3. The van der Waals surface area contributed by atoms with E-state index in [2.05, 4.69) is 11.1 Å². The predicted octanol–water partition coefficient (Wildman–Crippen LogP) is 1.14. The van der Waals surface area contributed by atoms with Gasteiger partial charge in [0.25, 0.3) is 6.01 Å². The smallest absolute Gasteiger partial charge is 0.357 e. The van der Waals surface area contributed by atoms with Crippen molar-refractivity contribution in [3.63, 3.8) is 0 Å². The molecule has 0 aliphatic carbocycles. The highest BCUT2D eigenvalue weighted by molar-refractivity contribution is 5.85. The van der Waals surface area contributed by atoms with Gasteiger partial charge < -0.3 is 14.4 Å². The van der Waals surface area contributed by atoms with Gasteiger partial charge in [-0.3, -0.25) is 0 Å². The van der Waals surface area contributed by atoms with E-state index in [0.717, 1.165) is 25.8 Å². The molecule has 2 rings (SSSR count). The van der Waals surface area contributed by atoms with Crippen LogP contribution in [0.3, 0.4) is 0 Å². The summed E-state index contributed by atoms with van der Waals surface area (Å²) in [6, 6.07) is 0.381. The second-order valence-electron chi connectivity index (χ2n) is 3.03. The first kappa shape index (κ1) is 8.80. The highest BCUT2D eigenvalue weighted by atomic mass is 16.4. The highest BCUT2D eigenvalue weighted by Crippen LogP contribution is 2.15. The zero-order valence-electron chi connectivity index (χ0n) is 7.51. The Morgan fingerprint density at radius 1 is 1.57 bits per heavy atom. The summed E-state index contributed by atoms with van der Waals surface area (Å²) >= 11 is 0. The molecule has 0 saturated carbocycles. The number of oxazole rings is 1. The van der Waals surface area contributed by atoms with Gasteiger partial charge in [0.1, 0.15) is 6.26 Å². The van der Waals surface area contributed by atoms with Crippen LogP contribution in [0.2, 0.25) is 0 Å². The molecule has 0 atom stereocenters. The van der Waals surface area contributed by atoms with E-state index in [1.165, 1.54) is 0 Å². The number of carboxylic acid groups (broad SMARTS) is 1. The Kier molecular flexibility index (Phi) is 2.22. The van der Waals surface area contributed by atoms with E-state index in [4.69, 9.17) is 9.52 Å². The summed E-state index contributed by atoms with van der Waals surface area (Å²) in [6.07, 6.45) is 6.19. The maximum absolute atomic E-state index is 10.5. The normalized spacial score (nSPS) is 15.9. The summed E-state index contributed by atoms with van der Waals surface area (Å²) in [6.45, 7) is 1.54. The van der Waals surface area contributed by atoms with Gasteiger partial charge in [0.15, 0.2) is 5.69 Å². The fourth-order valence-electron chi connectivity index (χ4n) is 1.32. The van der Waals surface area contributed by atoms with Crippen LogP contribution in [0, 0.1) is 0 Å². The van der Waals surface area contributed by atoms with E-state index in [0.29, 0.717) is 6.01 Å². The van der Waals surface area contributed by atoms with Crippen LogP contribution >= 0.6 is 0 Å². The summed E-state index contributed by atoms with van der Waals surface area (Å²) in [5, 5.41) is 8.64. The monoisotopic (exact) mass is 194 g/mol. The Balaban J connectivity index is 2.16. The van der Waals surface area contributed by atoms with Crippen molar-refractivity contribution in [3.8, 4) is 0 Å². The molecule has 1 aromatic rings. The van der Waals surface area contributed by atoms with Gasteiger partial charge in [-0.05, 0) is 6.42 Å². The van der Waals surface area contributed by atoms with Crippen molar-refractivity contribution in [2.24, 2.45) is 0 Å². The number of carboxylic acids is 1. The van der Waals surface area contributed by atoms with Crippen LogP contribution in [-0.4, -0.2) is 29.1 Å². The van der Waals surface area contributed by atoms with Crippen molar-refractivity contribution in [3.05, 3.63) is 24.1 Å². The van der Waals surface area contributed by atoms with Crippen molar-refractivity contribution in [2.45, 2.75) is 6.42 Å². The van der Waals surface area contributed by atoms with E-state index in [9.17, 15) is 4.79 Å². The van der Waals surface area contributed by atoms with Crippen molar-refractivity contribution in [2.75, 3.05) is 18.0 Å². The Bertz CT molecular complexity index is 370. The summed E-state index contributed by atoms with van der Waals surface area (Å²) in [5.41, 5.74) is -0.0467. The molecule has 0 radical (unpaired) electrons. The van der Waals surface area contributed by atoms with Gasteiger partial charge in [-0.15, -0.1) is 0 Å². The topological polar surface area (TPSA) is 66.6 Å². The number of hydrogen-bond acceptors (Lipinski definition) is 4. The number of carbonyl (C=O) groups is 1. The van der Waals surface area contributed by atoms with E-state index >= 15 is 0 Å². The molecule has 1 N–H and O–H groups in total. The third-order valence-corrected chi connectivity index (χ3v) is 2.04. The minimum atomic E-state index is -1.06. The third-order valence-electron chi connectivity index (χ3n) is 2.04. The molecule has 0 fully saturated rings. The molecule has 1 aliphatic heterocycles. The standard InChI is InChI=1S/C9H10N2O3/c12-8(13)7-6-14-9(10-7)11-4-2-1-3-5-11/h1-2,6H,3-5H2,(H,12,13). The van der Waals surface area contributed by atoms with E-state index in [-0.39, 0.29) is 5.69 Å². The molecule has 1 aromatic heterocycles. The molecule has 0 bridgehead atoms. The quantitative estimate of drug-likeness (QED) is 0.715. The lowest BCUT2D eigenvalue weighted by molar-refractivity contribution is 0.0690. The van der Waals surface area contributed by atoms with Crippen molar-refractivity contribution in [1.82, 2.24) is 4.98 Å². The molecule has 1 aliphatic rings. The highest BCUT2D eigenvalue weighted by Gasteiger charge is 2.16. The van der Waals surface area contributed by atoms with Gasteiger partial charge in [-0.25, -0.2) is 4.79 Å². The van der Waals surface area contributed by atoms with Crippen LogP contribution in [0.4, 0.5) is 6.01 Å². The fraction of sp³-hybridized carbons (Fsp3) is 0.333. The average molecular weight is 194 g/mol. The maximum Gasteiger partial charge on any atom is 0.357 e. The van der Waals surface area contributed by atoms with Gasteiger partial charge in [0.2, 0.25) is 0 Å². The zero-order valence-corrected chi connectivity index (χ0v) is 7.51. The first-order valence-electron chi connectivity index (χ1n) is 4.36. The van der Waals surface area contributed by atoms with Gasteiger partial charge in [-0.1, -0.05) is 12.2 Å².